The molecule has 30 heavy (non-hydrogen) atoms. The fourth-order valence-electron chi connectivity index (χ4n) is 4.15. The number of nitrogens with one attached hydrogen (secondary N) is 1. The smallest absolute Gasteiger partial charge is 0.266 e. The van der Waals surface area contributed by atoms with Gasteiger partial charge in [0.15, 0.2) is 0 Å². The summed E-state index contributed by atoms with van der Waals surface area (Å²) >= 11 is 0. The zero-order valence-electron chi connectivity index (χ0n) is 16.8. The number of hydrogen-bond donors (Lipinski definition) is 1. The first kappa shape index (κ1) is 19.0. The zero-order valence-corrected chi connectivity index (χ0v) is 17.6. The summed E-state index contributed by atoms with van der Waals surface area (Å²) in [5.74, 6) is 0.614. The molecule has 2 heterocycles. The molecule has 0 bridgehead atoms. The second-order valence-corrected chi connectivity index (χ2v) is 9.70. The zero-order chi connectivity index (χ0) is 21.0. The third-order valence-electron chi connectivity index (χ3n) is 6.03. The van der Waals surface area contributed by atoms with Crippen LogP contribution in [0.2, 0.25) is 0 Å². The maximum absolute atomic E-state index is 13.4. The molecule has 1 N–H and O–H groups in total. The minimum atomic E-state index is -3.62. The lowest BCUT2D eigenvalue weighted by Gasteiger charge is -2.26. The number of fused-ring (bicyclic) bond motifs is 3. The first-order chi connectivity index (χ1) is 14.4. The van der Waals surface area contributed by atoms with Gasteiger partial charge in [-0.3, -0.25) is 14.0 Å². The maximum atomic E-state index is 13.4. The van der Waals surface area contributed by atoms with Crippen LogP contribution in [0.15, 0.2) is 58.4 Å². The molecule has 8 heteroatoms. The van der Waals surface area contributed by atoms with E-state index in [0.29, 0.717) is 27.7 Å². The predicted molar refractivity (Wildman–Crippen MR) is 117 cm³/mol. The number of pyridine rings is 1. The van der Waals surface area contributed by atoms with Crippen LogP contribution >= 0.6 is 0 Å². The van der Waals surface area contributed by atoms with E-state index in [1.807, 2.05) is 12.1 Å². The Bertz CT molecular complexity index is 1450. The van der Waals surface area contributed by atoms with Crippen molar-refractivity contribution in [2.24, 2.45) is 7.05 Å². The Hall–Kier alpha value is -2.97. The SMILES string of the molecule is CNS(=O)(=O)c1ccc2c(c1)c1nn(C)cc1c(=O)n2-c1ccc(C2CCC2)cc1. The van der Waals surface area contributed by atoms with Crippen molar-refractivity contribution in [2.75, 3.05) is 7.05 Å². The number of sulfonamides is 1. The molecule has 0 spiro atoms. The third-order valence-corrected chi connectivity index (χ3v) is 7.45. The minimum absolute atomic E-state index is 0.134. The number of hydrogen-bond acceptors (Lipinski definition) is 4. The highest BCUT2D eigenvalue weighted by Gasteiger charge is 2.21. The van der Waals surface area contributed by atoms with Gasteiger partial charge in [-0.2, -0.15) is 5.10 Å². The maximum Gasteiger partial charge on any atom is 0.266 e. The van der Waals surface area contributed by atoms with Crippen molar-refractivity contribution in [1.29, 1.82) is 0 Å². The second kappa shape index (κ2) is 6.78. The highest BCUT2D eigenvalue weighted by Crippen LogP contribution is 2.36. The summed E-state index contributed by atoms with van der Waals surface area (Å²) in [5.41, 5.74) is 2.99. The van der Waals surface area contributed by atoms with Crippen LogP contribution in [0.25, 0.3) is 27.5 Å². The fraction of sp³-hybridized carbons (Fsp3) is 0.273. The van der Waals surface area contributed by atoms with Crippen LogP contribution in [0, 0.1) is 0 Å². The van der Waals surface area contributed by atoms with Gasteiger partial charge in [0.2, 0.25) is 10.0 Å². The Morgan fingerprint density at radius 3 is 2.43 bits per heavy atom. The molecule has 1 aliphatic rings. The van der Waals surface area contributed by atoms with Crippen LogP contribution in [-0.2, 0) is 17.1 Å². The summed E-state index contributed by atoms with van der Waals surface area (Å²) in [6.45, 7) is 0. The second-order valence-electron chi connectivity index (χ2n) is 7.81. The van der Waals surface area contributed by atoms with Gasteiger partial charge < -0.3 is 0 Å². The highest BCUT2D eigenvalue weighted by atomic mass is 32.2. The number of nitrogens with zero attached hydrogens (tertiary/aromatic N) is 3. The molecule has 4 aromatic rings. The molecule has 0 atom stereocenters. The van der Waals surface area contributed by atoms with Crippen LogP contribution in [-0.4, -0.2) is 29.8 Å². The van der Waals surface area contributed by atoms with Gasteiger partial charge in [-0.15, -0.1) is 0 Å². The molecule has 2 aromatic carbocycles. The fourth-order valence-corrected chi connectivity index (χ4v) is 4.91. The molecular weight excluding hydrogens is 400 g/mol. The molecule has 1 fully saturated rings. The molecule has 2 aromatic heterocycles. The van der Waals surface area contributed by atoms with Gasteiger partial charge in [0.05, 0.1) is 15.8 Å². The molecule has 0 aliphatic heterocycles. The van der Waals surface area contributed by atoms with E-state index >= 15 is 0 Å². The van der Waals surface area contributed by atoms with Crippen molar-refractivity contribution in [3.05, 3.63) is 64.6 Å². The quantitative estimate of drug-likeness (QED) is 0.548. The van der Waals surface area contributed by atoms with Crippen molar-refractivity contribution in [1.82, 2.24) is 19.1 Å². The number of benzene rings is 2. The van der Waals surface area contributed by atoms with E-state index < -0.39 is 10.0 Å². The van der Waals surface area contributed by atoms with E-state index in [-0.39, 0.29) is 10.5 Å². The topological polar surface area (TPSA) is 86.0 Å². The Balaban J connectivity index is 1.80. The van der Waals surface area contributed by atoms with Crippen LogP contribution < -0.4 is 10.3 Å². The van der Waals surface area contributed by atoms with Gasteiger partial charge >= 0.3 is 0 Å². The van der Waals surface area contributed by atoms with Gasteiger partial charge in [-0.1, -0.05) is 18.6 Å². The molecule has 1 aliphatic carbocycles. The van der Waals surface area contributed by atoms with E-state index in [9.17, 15) is 13.2 Å². The van der Waals surface area contributed by atoms with Crippen molar-refractivity contribution in [3.63, 3.8) is 0 Å². The van der Waals surface area contributed by atoms with Gasteiger partial charge in [0, 0.05) is 24.3 Å². The number of rotatable bonds is 4. The van der Waals surface area contributed by atoms with Gasteiger partial charge in [-0.25, -0.2) is 13.1 Å². The largest absolute Gasteiger partial charge is 0.276 e. The van der Waals surface area contributed by atoms with Crippen molar-refractivity contribution >= 4 is 31.8 Å². The van der Waals surface area contributed by atoms with E-state index in [0.717, 1.165) is 5.69 Å². The van der Waals surface area contributed by atoms with E-state index in [2.05, 4.69) is 22.0 Å². The highest BCUT2D eigenvalue weighted by molar-refractivity contribution is 7.89. The lowest BCUT2D eigenvalue weighted by atomic mass is 9.80. The molecule has 1 saturated carbocycles. The Labute approximate surface area is 174 Å². The summed E-state index contributed by atoms with van der Waals surface area (Å²) in [4.78, 5) is 13.5. The minimum Gasteiger partial charge on any atom is -0.276 e. The molecule has 0 saturated heterocycles. The molecule has 154 valence electrons. The normalized spacial score (nSPS) is 15.0. The molecule has 0 radical (unpaired) electrons. The predicted octanol–water partition coefficient (Wildman–Crippen LogP) is 3.05. The summed E-state index contributed by atoms with van der Waals surface area (Å²) in [5, 5.41) is 5.50. The Morgan fingerprint density at radius 2 is 1.80 bits per heavy atom. The molecule has 0 amide bonds. The monoisotopic (exact) mass is 422 g/mol. The van der Waals surface area contributed by atoms with Gasteiger partial charge in [0.25, 0.3) is 5.56 Å². The summed E-state index contributed by atoms with van der Waals surface area (Å²) in [7, 11) is -0.500. The first-order valence-corrected chi connectivity index (χ1v) is 11.4. The van der Waals surface area contributed by atoms with E-state index in [1.54, 1.807) is 34.6 Å². The summed E-state index contributed by atoms with van der Waals surface area (Å²) in [6.07, 6.45) is 5.38. The standard InChI is InChI=1S/C22H22N4O3S/c1-23-30(28,29)17-10-11-20-18(12-17)21-19(13-25(2)24-21)22(27)26(20)16-8-6-15(7-9-16)14-4-3-5-14/h6-14,23H,3-5H2,1-2H3. The summed E-state index contributed by atoms with van der Waals surface area (Å²) in [6, 6.07) is 12.9. The lowest BCUT2D eigenvalue weighted by Crippen LogP contribution is -2.20. The van der Waals surface area contributed by atoms with Crippen LogP contribution in [0.5, 0.6) is 0 Å². The van der Waals surface area contributed by atoms with Crippen LogP contribution in [0.4, 0.5) is 0 Å². The summed E-state index contributed by atoms with van der Waals surface area (Å²) < 4.78 is 30.2. The molecule has 0 unspecified atom stereocenters. The van der Waals surface area contributed by atoms with Crippen molar-refractivity contribution < 1.29 is 8.42 Å². The van der Waals surface area contributed by atoms with Gasteiger partial charge in [-0.05, 0) is 61.7 Å². The van der Waals surface area contributed by atoms with Gasteiger partial charge in [0.1, 0.15) is 5.52 Å². The Morgan fingerprint density at radius 1 is 1.07 bits per heavy atom. The van der Waals surface area contributed by atoms with Crippen LogP contribution in [0.3, 0.4) is 0 Å². The third kappa shape index (κ3) is 2.86. The Kier molecular flexibility index (Phi) is 4.30. The van der Waals surface area contributed by atoms with Crippen LogP contribution in [0.1, 0.15) is 30.7 Å². The average Bonchev–Trinajstić information content (AvgIpc) is 3.10. The van der Waals surface area contributed by atoms with Crippen molar-refractivity contribution in [3.8, 4) is 5.69 Å². The number of aryl methyl sites for hydroxylation is 1. The number of aromatic nitrogens is 3. The molecular formula is C22H22N4O3S. The lowest BCUT2D eigenvalue weighted by molar-refractivity contribution is 0.420. The average molecular weight is 423 g/mol. The molecule has 7 nitrogen and oxygen atoms in total. The van der Waals surface area contributed by atoms with E-state index in [4.69, 9.17) is 0 Å². The molecule has 5 rings (SSSR count). The van der Waals surface area contributed by atoms with E-state index in [1.165, 1.54) is 37.9 Å². The first-order valence-electron chi connectivity index (χ1n) is 9.95. The van der Waals surface area contributed by atoms with Crippen molar-refractivity contribution in [2.45, 2.75) is 30.1 Å².